The van der Waals surface area contributed by atoms with Gasteiger partial charge in [-0.2, -0.15) is 0 Å². The predicted molar refractivity (Wildman–Crippen MR) is 133 cm³/mol. The van der Waals surface area contributed by atoms with Crippen LogP contribution in [0.3, 0.4) is 0 Å². The molecule has 9 heteroatoms. The minimum absolute atomic E-state index is 0.0819. The van der Waals surface area contributed by atoms with Gasteiger partial charge in [-0.3, -0.25) is 14.8 Å². The van der Waals surface area contributed by atoms with E-state index < -0.39 is 15.9 Å². The van der Waals surface area contributed by atoms with Crippen molar-refractivity contribution in [2.75, 3.05) is 10.0 Å². The van der Waals surface area contributed by atoms with E-state index in [2.05, 4.69) is 15.4 Å². The van der Waals surface area contributed by atoms with Crippen molar-refractivity contribution in [1.29, 1.82) is 0 Å². The van der Waals surface area contributed by atoms with Crippen molar-refractivity contribution >= 4 is 57.9 Å². The van der Waals surface area contributed by atoms with E-state index in [1.54, 1.807) is 30.3 Å². The van der Waals surface area contributed by atoms with Gasteiger partial charge >= 0.3 is 0 Å². The van der Waals surface area contributed by atoms with E-state index >= 15 is 0 Å². The molecule has 2 radical (unpaired) electrons. The molecule has 0 bridgehead atoms. The van der Waals surface area contributed by atoms with E-state index in [0.717, 1.165) is 16.7 Å². The molecule has 0 aliphatic rings. The highest BCUT2D eigenvalue weighted by Gasteiger charge is 2.17. The Hall–Kier alpha value is -3.17. The van der Waals surface area contributed by atoms with Crippen molar-refractivity contribution in [3.8, 4) is 0 Å². The first kappa shape index (κ1) is 23.5. The van der Waals surface area contributed by atoms with Crippen LogP contribution in [0.25, 0.3) is 0 Å². The normalized spacial score (nSPS) is 11.0. The summed E-state index contributed by atoms with van der Waals surface area (Å²) >= 11 is 5.19. The fourth-order valence-corrected chi connectivity index (χ4v) is 4.42. The highest BCUT2D eigenvalue weighted by Crippen LogP contribution is 2.24. The first-order valence-corrected chi connectivity index (χ1v) is 11.6. The van der Waals surface area contributed by atoms with Gasteiger partial charge in [0.2, 0.25) is 0 Å². The molecule has 0 saturated heterocycles. The Labute approximate surface area is 194 Å². The van der Waals surface area contributed by atoms with Crippen LogP contribution >= 0.6 is 12.2 Å². The molecule has 0 aliphatic heterocycles. The summed E-state index contributed by atoms with van der Waals surface area (Å²) in [6.07, 6.45) is 0. The summed E-state index contributed by atoms with van der Waals surface area (Å²) in [6.45, 7) is 5.54. The minimum atomic E-state index is -3.76. The highest BCUT2D eigenvalue weighted by molar-refractivity contribution is 7.92. The number of nitrogens with one attached hydrogen (secondary N) is 3. The number of amides is 1. The number of aryl methyl sites for hydroxylation is 3. The zero-order valence-corrected chi connectivity index (χ0v) is 19.5. The maximum Gasteiger partial charge on any atom is 0.261 e. The van der Waals surface area contributed by atoms with Gasteiger partial charge in [0, 0.05) is 11.3 Å². The molecular weight excluding hydrogens is 441 g/mol. The Morgan fingerprint density at radius 1 is 0.906 bits per heavy atom. The lowest BCUT2D eigenvalue weighted by Crippen LogP contribution is -2.34. The molecule has 0 fully saturated rings. The van der Waals surface area contributed by atoms with Gasteiger partial charge in [0.05, 0.1) is 10.6 Å². The van der Waals surface area contributed by atoms with Crippen LogP contribution < -0.4 is 20.8 Å². The lowest BCUT2D eigenvalue weighted by Gasteiger charge is -2.14. The van der Waals surface area contributed by atoms with Crippen molar-refractivity contribution < 1.29 is 13.2 Å². The molecule has 0 aromatic heterocycles. The van der Waals surface area contributed by atoms with Crippen LogP contribution in [0, 0.1) is 20.8 Å². The second-order valence-corrected chi connectivity index (χ2v) is 9.47. The third-order valence-corrected chi connectivity index (χ3v) is 6.48. The number of hydrogen-bond acceptors (Lipinski definition) is 4. The number of benzene rings is 3. The van der Waals surface area contributed by atoms with Gasteiger partial charge in [0.25, 0.3) is 15.9 Å². The molecule has 0 saturated carbocycles. The fourth-order valence-electron chi connectivity index (χ4n) is 3.01. The van der Waals surface area contributed by atoms with Crippen molar-refractivity contribution in [3.05, 3.63) is 82.9 Å². The number of rotatable bonds is 5. The topological polar surface area (TPSA) is 87.3 Å². The lowest BCUT2D eigenvalue weighted by atomic mass is 9.89. The minimum Gasteiger partial charge on any atom is -0.332 e. The summed E-state index contributed by atoms with van der Waals surface area (Å²) in [4.78, 5) is 12.4. The van der Waals surface area contributed by atoms with Gasteiger partial charge in [-0.15, -0.1) is 0 Å². The maximum absolute atomic E-state index is 12.8. The van der Waals surface area contributed by atoms with Gasteiger partial charge in [-0.25, -0.2) is 8.42 Å². The van der Waals surface area contributed by atoms with Gasteiger partial charge in [-0.05, 0) is 74.4 Å². The number of anilines is 2. The largest absolute Gasteiger partial charge is 0.332 e. The average molecular weight is 463 g/mol. The second-order valence-electron chi connectivity index (χ2n) is 7.38. The standard InChI is InChI=1S/C23H22BN3O3S2/c1-14-7-8-17(13-20(14)24)22(28)26-23(31)25-18-9-11-19(12-10-18)32(29,30)27-21-15(2)5-4-6-16(21)3/h4-13,27H,1-3H3,(H2,25,26,28,31). The van der Waals surface area contributed by atoms with E-state index in [0.29, 0.717) is 22.4 Å². The summed E-state index contributed by atoms with van der Waals surface area (Å²) in [5.74, 6) is -0.397. The van der Waals surface area contributed by atoms with E-state index in [-0.39, 0.29) is 10.0 Å². The highest BCUT2D eigenvalue weighted by atomic mass is 32.2. The molecule has 0 heterocycles. The smallest absolute Gasteiger partial charge is 0.261 e. The van der Waals surface area contributed by atoms with Crippen molar-refractivity contribution in [2.45, 2.75) is 25.7 Å². The van der Waals surface area contributed by atoms with Crippen LogP contribution in [0.5, 0.6) is 0 Å². The van der Waals surface area contributed by atoms with E-state index in [1.807, 2.05) is 39.0 Å². The molecule has 6 nitrogen and oxygen atoms in total. The number of hydrogen-bond donors (Lipinski definition) is 3. The molecular formula is C23H22BN3O3S2. The first-order chi connectivity index (χ1) is 15.1. The van der Waals surface area contributed by atoms with Crippen LogP contribution in [0.4, 0.5) is 11.4 Å². The van der Waals surface area contributed by atoms with Crippen molar-refractivity contribution in [3.63, 3.8) is 0 Å². The molecule has 162 valence electrons. The zero-order chi connectivity index (χ0) is 23.5. The van der Waals surface area contributed by atoms with Crippen molar-refractivity contribution in [2.24, 2.45) is 0 Å². The van der Waals surface area contributed by atoms with Gasteiger partial charge < -0.3 is 5.32 Å². The van der Waals surface area contributed by atoms with E-state index in [1.165, 1.54) is 12.1 Å². The molecule has 1 amide bonds. The SMILES string of the molecule is [B]c1cc(C(=O)NC(=S)Nc2ccc(S(=O)(=O)Nc3c(C)cccc3C)cc2)ccc1C. The monoisotopic (exact) mass is 463 g/mol. The number of carbonyl (C=O) groups excluding carboxylic acids is 1. The lowest BCUT2D eigenvalue weighted by molar-refractivity contribution is 0.0978. The van der Waals surface area contributed by atoms with Gasteiger partial charge in [0.15, 0.2) is 5.11 Å². The molecule has 0 unspecified atom stereocenters. The predicted octanol–water partition coefficient (Wildman–Crippen LogP) is 3.33. The van der Waals surface area contributed by atoms with Crippen LogP contribution in [0.1, 0.15) is 27.0 Å². The third-order valence-electron chi connectivity index (χ3n) is 4.91. The van der Waals surface area contributed by atoms with Crippen molar-refractivity contribution in [1.82, 2.24) is 5.32 Å². The van der Waals surface area contributed by atoms with Crippen LogP contribution in [0.2, 0.25) is 0 Å². The first-order valence-electron chi connectivity index (χ1n) is 9.74. The Morgan fingerprint density at radius 3 is 2.12 bits per heavy atom. The molecule has 0 atom stereocenters. The maximum atomic E-state index is 12.8. The third kappa shape index (κ3) is 5.54. The zero-order valence-electron chi connectivity index (χ0n) is 17.9. The molecule has 3 aromatic carbocycles. The average Bonchev–Trinajstić information content (AvgIpc) is 2.73. The fraction of sp³-hybridized carbons (Fsp3) is 0.130. The van der Waals surface area contributed by atoms with Crippen LogP contribution in [-0.4, -0.2) is 27.3 Å². The Kier molecular flexibility index (Phi) is 7.01. The molecule has 3 rings (SSSR count). The summed E-state index contributed by atoms with van der Waals surface area (Å²) < 4.78 is 28.2. The Balaban J connectivity index is 1.66. The van der Waals surface area contributed by atoms with Crippen LogP contribution in [-0.2, 0) is 10.0 Å². The Morgan fingerprint density at radius 2 is 1.53 bits per heavy atom. The molecule has 32 heavy (non-hydrogen) atoms. The number of sulfonamides is 1. The molecule has 3 aromatic rings. The molecule has 0 aliphatic carbocycles. The number of thiocarbonyl (C=S) groups is 1. The summed E-state index contributed by atoms with van der Waals surface area (Å²) in [5, 5.41) is 5.53. The molecule has 0 spiro atoms. The van der Waals surface area contributed by atoms with Crippen LogP contribution in [0.15, 0.2) is 65.6 Å². The van der Waals surface area contributed by atoms with E-state index in [9.17, 15) is 13.2 Å². The van der Waals surface area contributed by atoms with Gasteiger partial charge in [0.1, 0.15) is 7.85 Å². The second kappa shape index (κ2) is 9.54. The number of carbonyl (C=O) groups is 1. The number of para-hydroxylation sites is 1. The quantitative estimate of drug-likeness (QED) is 0.399. The summed E-state index contributed by atoms with van der Waals surface area (Å²) in [7, 11) is 2.09. The summed E-state index contributed by atoms with van der Waals surface area (Å²) in [6, 6.07) is 16.6. The Bertz CT molecular complexity index is 1270. The van der Waals surface area contributed by atoms with E-state index in [4.69, 9.17) is 20.1 Å². The summed E-state index contributed by atoms with van der Waals surface area (Å²) in [5.41, 5.74) is 4.55. The molecule has 3 N–H and O–H groups in total. The van der Waals surface area contributed by atoms with Gasteiger partial charge in [-0.1, -0.05) is 41.4 Å².